The third kappa shape index (κ3) is 3.06. The van der Waals surface area contributed by atoms with Crippen LogP contribution in [0.15, 0.2) is 48.8 Å². The van der Waals surface area contributed by atoms with Gasteiger partial charge in [0.05, 0.1) is 0 Å². The van der Waals surface area contributed by atoms with E-state index in [4.69, 9.17) is 11.6 Å². The number of H-pyrrole nitrogens is 1. The fourth-order valence-electron chi connectivity index (χ4n) is 1.79. The number of hydrogen-bond donors (Lipinski definition) is 2. The van der Waals surface area contributed by atoms with E-state index in [0.29, 0.717) is 11.5 Å². The molecular formula is C14H10ClN5O. The second kappa shape index (κ2) is 5.72. The average molecular weight is 300 g/mol. The number of carbonyl (C=O) groups is 1. The van der Waals surface area contributed by atoms with E-state index in [2.05, 4.69) is 25.5 Å². The predicted octanol–water partition coefficient (Wildman–Crippen LogP) is 2.77. The highest BCUT2D eigenvalue weighted by Crippen LogP contribution is 2.17. The van der Waals surface area contributed by atoms with Crippen molar-refractivity contribution in [3.8, 4) is 11.4 Å². The molecular weight excluding hydrogens is 290 g/mol. The Morgan fingerprint density at radius 3 is 2.62 bits per heavy atom. The molecule has 2 heterocycles. The maximum Gasteiger partial charge on any atom is 0.274 e. The summed E-state index contributed by atoms with van der Waals surface area (Å²) in [6.07, 6.45) is 1.44. The maximum atomic E-state index is 12.0. The van der Waals surface area contributed by atoms with Crippen LogP contribution in [0.1, 0.15) is 10.5 Å². The Kier molecular flexibility index (Phi) is 3.61. The standard InChI is InChI=1S/C14H10ClN5O/c15-12-3-1-2-11(19-12)14(21)18-10-6-4-9(5-7-10)13-16-8-17-20-13/h1-8H,(H,18,21)(H,16,17,20). The van der Waals surface area contributed by atoms with E-state index in [9.17, 15) is 4.79 Å². The number of benzene rings is 1. The SMILES string of the molecule is O=C(Nc1ccc(-c2ncn[nH]2)cc1)c1cccc(Cl)n1. The smallest absolute Gasteiger partial charge is 0.274 e. The highest BCUT2D eigenvalue weighted by molar-refractivity contribution is 6.29. The van der Waals surface area contributed by atoms with E-state index in [1.54, 1.807) is 30.3 Å². The molecule has 3 rings (SSSR count). The Hall–Kier alpha value is -2.73. The zero-order valence-corrected chi connectivity index (χ0v) is 11.5. The molecule has 2 aromatic heterocycles. The number of nitrogens with one attached hydrogen (secondary N) is 2. The molecule has 0 atom stereocenters. The predicted molar refractivity (Wildman–Crippen MR) is 79.0 cm³/mol. The highest BCUT2D eigenvalue weighted by Gasteiger charge is 2.08. The molecule has 0 aliphatic carbocycles. The van der Waals surface area contributed by atoms with Gasteiger partial charge in [-0.15, -0.1) is 0 Å². The van der Waals surface area contributed by atoms with Gasteiger partial charge in [0, 0.05) is 11.3 Å². The van der Waals surface area contributed by atoms with Crippen LogP contribution in [0.25, 0.3) is 11.4 Å². The van der Waals surface area contributed by atoms with Crippen LogP contribution >= 0.6 is 11.6 Å². The Morgan fingerprint density at radius 2 is 1.95 bits per heavy atom. The van der Waals surface area contributed by atoms with Crippen molar-refractivity contribution in [2.24, 2.45) is 0 Å². The zero-order valence-electron chi connectivity index (χ0n) is 10.7. The van der Waals surface area contributed by atoms with Crippen molar-refractivity contribution in [3.63, 3.8) is 0 Å². The number of hydrogen-bond acceptors (Lipinski definition) is 4. The van der Waals surface area contributed by atoms with Crippen LogP contribution in [0.3, 0.4) is 0 Å². The summed E-state index contributed by atoms with van der Waals surface area (Å²) in [6, 6.07) is 12.1. The molecule has 1 aromatic carbocycles. The van der Waals surface area contributed by atoms with Gasteiger partial charge < -0.3 is 5.32 Å². The van der Waals surface area contributed by atoms with Gasteiger partial charge in [0.15, 0.2) is 5.82 Å². The van der Waals surface area contributed by atoms with Crippen molar-refractivity contribution in [2.75, 3.05) is 5.32 Å². The van der Waals surface area contributed by atoms with Gasteiger partial charge >= 0.3 is 0 Å². The normalized spacial score (nSPS) is 10.3. The van der Waals surface area contributed by atoms with E-state index >= 15 is 0 Å². The Balaban J connectivity index is 1.75. The van der Waals surface area contributed by atoms with Gasteiger partial charge in [-0.1, -0.05) is 17.7 Å². The number of anilines is 1. The second-order valence-corrected chi connectivity index (χ2v) is 4.60. The van der Waals surface area contributed by atoms with Crippen molar-refractivity contribution in [3.05, 3.63) is 59.6 Å². The first kappa shape index (κ1) is 13.3. The second-order valence-electron chi connectivity index (χ2n) is 4.21. The van der Waals surface area contributed by atoms with Crippen molar-refractivity contribution in [2.45, 2.75) is 0 Å². The van der Waals surface area contributed by atoms with Gasteiger partial charge in [0.1, 0.15) is 17.2 Å². The molecule has 0 radical (unpaired) electrons. The summed E-state index contributed by atoms with van der Waals surface area (Å²) in [4.78, 5) is 20.0. The summed E-state index contributed by atoms with van der Waals surface area (Å²) < 4.78 is 0. The number of aromatic amines is 1. The molecule has 104 valence electrons. The lowest BCUT2D eigenvalue weighted by Crippen LogP contribution is -2.13. The van der Waals surface area contributed by atoms with Crippen molar-refractivity contribution in [1.82, 2.24) is 20.2 Å². The first-order chi connectivity index (χ1) is 10.2. The monoisotopic (exact) mass is 299 g/mol. The molecule has 6 nitrogen and oxygen atoms in total. The molecule has 2 N–H and O–H groups in total. The minimum absolute atomic E-state index is 0.266. The third-order valence-electron chi connectivity index (χ3n) is 2.78. The fraction of sp³-hybridized carbons (Fsp3) is 0. The van der Waals surface area contributed by atoms with E-state index in [1.807, 2.05) is 12.1 Å². The Bertz CT molecular complexity index is 755. The summed E-state index contributed by atoms with van der Waals surface area (Å²) in [5.41, 5.74) is 1.80. The number of nitrogens with zero attached hydrogens (tertiary/aromatic N) is 3. The van der Waals surface area contributed by atoms with Gasteiger partial charge in [-0.2, -0.15) is 5.10 Å². The molecule has 0 spiro atoms. The number of amides is 1. The van der Waals surface area contributed by atoms with Crippen molar-refractivity contribution in [1.29, 1.82) is 0 Å². The largest absolute Gasteiger partial charge is 0.321 e. The highest BCUT2D eigenvalue weighted by atomic mass is 35.5. The summed E-state index contributed by atoms with van der Waals surface area (Å²) in [7, 11) is 0. The topological polar surface area (TPSA) is 83.6 Å². The molecule has 0 aliphatic heterocycles. The lowest BCUT2D eigenvalue weighted by atomic mass is 10.2. The average Bonchev–Trinajstić information content (AvgIpc) is 3.02. The number of pyridine rings is 1. The molecule has 0 bridgehead atoms. The molecule has 0 saturated heterocycles. The maximum absolute atomic E-state index is 12.0. The summed E-state index contributed by atoms with van der Waals surface area (Å²) in [5.74, 6) is 0.356. The number of rotatable bonds is 3. The lowest BCUT2D eigenvalue weighted by Gasteiger charge is -2.05. The van der Waals surface area contributed by atoms with Crippen LogP contribution in [0.2, 0.25) is 5.15 Å². The number of halogens is 1. The van der Waals surface area contributed by atoms with Crippen LogP contribution < -0.4 is 5.32 Å². The van der Waals surface area contributed by atoms with Crippen LogP contribution in [0.5, 0.6) is 0 Å². The number of aromatic nitrogens is 4. The van der Waals surface area contributed by atoms with E-state index in [-0.39, 0.29) is 16.8 Å². The van der Waals surface area contributed by atoms with Crippen LogP contribution in [-0.2, 0) is 0 Å². The van der Waals surface area contributed by atoms with Crippen LogP contribution in [0, 0.1) is 0 Å². The fourth-order valence-corrected chi connectivity index (χ4v) is 1.95. The summed E-state index contributed by atoms with van der Waals surface area (Å²) in [6.45, 7) is 0. The van der Waals surface area contributed by atoms with E-state index < -0.39 is 0 Å². The Morgan fingerprint density at radius 1 is 1.14 bits per heavy atom. The third-order valence-corrected chi connectivity index (χ3v) is 2.99. The molecule has 21 heavy (non-hydrogen) atoms. The minimum atomic E-state index is -0.315. The van der Waals surface area contributed by atoms with Crippen molar-refractivity contribution < 1.29 is 4.79 Å². The van der Waals surface area contributed by atoms with Gasteiger partial charge in [-0.25, -0.2) is 9.97 Å². The molecule has 3 aromatic rings. The number of carbonyl (C=O) groups excluding carboxylic acids is 1. The van der Waals surface area contributed by atoms with E-state index in [0.717, 1.165) is 5.56 Å². The van der Waals surface area contributed by atoms with Gasteiger partial charge in [0.25, 0.3) is 5.91 Å². The first-order valence-electron chi connectivity index (χ1n) is 6.12. The molecule has 0 fully saturated rings. The zero-order chi connectivity index (χ0) is 14.7. The van der Waals surface area contributed by atoms with Crippen LogP contribution in [-0.4, -0.2) is 26.1 Å². The van der Waals surface area contributed by atoms with Crippen molar-refractivity contribution >= 4 is 23.2 Å². The molecule has 0 unspecified atom stereocenters. The minimum Gasteiger partial charge on any atom is -0.321 e. The molecule has 7 heteroatoms. The van der Waals surface area contributed by atoms with Gasteiger partial charge in [-0.05, 0) is 36.4 Å². The molecule has 0 aliphatic rings. The molecule has 0 saturated carbocycles. The van der Waals surface area contributed by atoms with Crippen LogP contribution in [0.4, 0.5) is 5.69 Å². The van der Waals surface area contributed by atoms with E-state index in [1.165, 1.54) is 6.33 Å². The van der Waals surface area contributed by atoms with Gasteiger partial charge in [0.2, 0.25) is 0 Å². The summed E-state index contributed by atoms with van der Waals surface area (Å²) in [5, 5.41) is 9.60. The summed E-state index contributed by atoms with van der Waals surface area (Å²) >= 11 is 5.76. The quantitative estimate of drug-likeness (QED) is 0.728. The van der Waals surface area contributed by atoms with Gasteiger partial charge in [-0.3, -0.25) is 9.89 Å². The lowest BCUT2D eigenvalue weighted by molar-refractivity contribution is 0.102. The molecule has 1 amide bonds. The Labute approximate surface area is 125 Å². The first-order valence-corrected chi connectivity index (χ1v) is 6.50.